The van der Waals surface area contributed by atoms with Gasteiger partial charge in [0.1, 0.15) is 0 Å². The van der Waals surface area contributed by atoms with Crippen LogP contribution in [0.1, 0.15) is 33.1 Å². The Labute approximate surface area is 104 Å². The second kappa shape index (κ2) is 14.6. The predicted octanol–water partition coefficient (Wildman–Crippen LogP) is 0.560. The van der Waals surface area contributed by atoms with E-state index in [9.17, 15) is 9.59 Å². The fourth-order valence-electron chi connectivity index (χ4n) is 1.01. The molecule has 5 nitrogen and oxygen atoms in total. The average Bonchev–Trinajstić information content (AvgIpc) is 2.39. The summed E-state index contributed by atoms with van der Waals surface area (Å²) in [4.78, 5) is 21.5. The molecule has 0 aliphatic rings. The van der Waals surface area contributed by atoms with Gasteiger partial charge in [0.15, 0.2) is 0 Å². The predicted molar refractivity (Wildman–Crippen MR) is 70.5 cm³/mol. The van der Waals surface area contributed by atoms with Crippen molar-refractivity contribution in [2.24, 2.45) is 5.73 Å². The minimum atomic E-state index is -0.147. The smallest absolute Gasteiger partial charge is 0.243 e. The lowest BCUT2D eigenvalue weighted by atomic mass is 10.2. The van der Waals surface area contributed by atoms with Gasteiger partial charge in [-0.3, -0.25) is 9.59 Å². The first kappa shape index (κ1) is 18.0. The maximum Gasteiger partial charge on any atom is 0.243 e. The van der Waals surface area contributed by atoms with E-state index in [1.807, 2.05) is 13.8 Å². The minimum absolute atomic E-state index is 0.0371. The zero-order chi connectivity index (χ0) is 13.5. The third-order valence-corrected chi connectivity index (χ3v) is 1.85. The topological polar surface area (TPSA) is 84.2 Å². The van der Waals surface area contributed by atoms with Crippen LogP contribution in [0, 0.1) is 0 Å². The van der Waals surface area contributed by atoms with E-state index >= 15 is 0 Å². The SMILES string of the molecule is C=CC(=O)NCCCCCNC(=O)CN.CC. The first-order chi connectivity index (χ1) is 8.20. The zero-order valence-corrected chi connectivity index (χ0v) is 10.9. The van der Waals surface area contributed by atoms with Crippen LogP contribution in [-0.2, 0) is 9.59 Å². The van der Waals surface area contributed by atoms with Crippen LogP contribution in [-0.4, -0.2) is 31.4 Å². The molecule has 0 atom stereocenters. The molecule has 0 aromatic carbocycles. The van der Waals surface area contributed by atoms with Gasteiger partial charge < -0.3 is 16.4 Å². The molecule has 100 valence electrons. The van der Waals surface area contributed by atoms with Crippen LogP contribution in [0.25, 0.3) is 0 Å². The van der Waals surface area contributed by atoms with Crippen LogP contribution in [0.15, 0.2) is 12.7 Å². The summed E-state index contributed by atoms with van der Waals surface area (Å²) in [6.45, 7) is 8.68. The molecule has 0 aromatic heterocycles. The number of carbonyl (C=O) groups is 2. The number of hydrogen-bond donors (Lipinski definition) is 3. The molecule has 0 aromatic rings. The Morgan fingerprint density at radius 3 is 2.12 bits per heavy atom. The largest absolute Gasteiger partial charge is 0.355 e. The number of hydrogen-bond acceptors (Lipinski definition) is 3. The molecule has 0 unspecified atom stereocenters. The van der Waals surface area contributed by atoms with Crippen molar-refractivity contribution in [3.63, 3.8) is 0 Å². The molecule has 0 rings (SSSR count). The van der Waals surface area contributed by atoms with E-state index in [1.54, 1.807) is 0 Å². The van der Waals surface area contributed by atoms with Crippen molar-refractivity contribution in [1.29, 1.82) is 0 Å². The van der Waals surface area contributed by atoms with Gasteiger partial charge in [0.25, 0.3) is 0 Å². The van der Waals surface area contributed by atoms with Gasteiger partial charge in [-0.15, -0.1) is 0 Å². The number of amides is 2. The van der Waals surface area contributed by atoms with Crippen molar-refractivity contribution in [3.05, 3.63) is 12.7 Å². The molecule has 5 heteroatoms. The molecule has 0 fully saturated rings. The van der Waals surface area contributed by atoms with E-state index < -0.39 is 0 Å². The summed E-state index contributed by atoms with van der Waals surface area (Å²) in [5.41, 5.74) is 5.11. The van der Waals surface area contributed by atoms with Crippen molar-refractivity contribution in [1.82, 2.24) is 10.6 Å². The Hall–Kier alpha value is -1.36. The lowest BCUT2D eigenvalue weighted by Gasteiger charge is -2.04. The zero-order valence-electron chi connectivity index (χ0n) is 10.9. The van der Waals surface area contributed by atoms with Crippen LogP contribution < -0.4 is 16.4 Å². The van der Waals surface area contributed by atoms with Gasteiger partial charge in [-0.05, 0) is 25.3 Å². The maximum atomic E-state index is 10.7. The van der Waals surface area contributed by atoms with Crippen LogP contribution in [0.3, 0.4) is 0 Å². The van der Waals surface area contributed by atoms with Crippen molar-refractivity contribution in [2.75, 3.05) is 19.6 Å². The van der Waals surface area contributed by atoms with Crippen LogP contribution in [0.4, 0.5) is 0 Å². The maximum absolute atomic E-state index is 10.7. The van der Waals surface area contributed by atoms with Gasteiger partial charge >= 0.3 is 0 Å². The Bertz CT molecular complexity index is 218. The lowest BCUT2D eigenvalue weighted by Crippen LogP contribution is -2.31. The van der Waals surface area contributed by atoms with Crippen molar-refractivity contribution >= 4 is 11.8 Å². The Balaban J connectivity index is 0. The van der Waals surface area contributed by atoms with E-state index in [4.69, 9.17) is 5.73 Å². The minimum Gasteiger partial charge on any atom is -0.355 e. The molecule has 0 aliphatic heterocycles. The van der Waals surface area contributed by atoms with E-state index in [-0.39, 0.29) is 18.4 Å². The number of unbranched alkanes of at least 4 members (excludes halogenated alkanes) is 2. The first-order valence-corrected chi connectivity index (χ1v) is 6.07. The van der Waals surface area contributed by atoms with Gasteiger partial charge in [0, 0.05) is 13.1 Å². The van der Waals surface area contributed by atoms with Gasteiger partial charge in [-0.1, -0.05) is 20.4 Å². The quantitative estimate of drug-likeness (QED) is 0.430. The summed E-state index contributed by atoms with van der Waals surface area (Å²) in [6, 6.07) is 0. The molecule has 0 spiro atoms. The highest BCUT2D eigenvalue weighted by atomic mass is 16.2. The molecular formula is C12H25N3O2. The number of rotatable bonds is 8. The van der Waals surface area contributed by atoms with Gasteiger partial charge in [0.2, 0.25) is 11.8 Å². The summed E-state index contributed by atoms with van der Waals surface area (Å²) >= 11 is 0. The molecule has 4 N–H and O–H groups in total. The molecule has 0 aliphatic carbocycles. The molecular weight excluding hydrogens is 218 g/mol. The van der Waals surface area contributed by atoms with E-state index in [0.717, 1.165) is 19.3 Å². The molecule has 0 saturated carbocycles. The molecule has 0 heterocycles. The van der Waals surface area contributed by atoms with Gasteiger partial charge in [-0.2, -0.15) is 0 Å². The van der Waals surface area contributed by atoms with Gasteiger partial charge in [0.05, 0.1) is 6.54 Å². The lowest BCUT2D eigenvalue weighted by molar-refractivity contribution is -0.119. The van der Waals surface area contributed by atoms with E-state index in [0.29, 0.717) is 13.1 Å². The molecule has 2 amide bonds. The second-order valence-corrected chi connectivity index (χ2v) is 3.11. The van der Waals surface area contributed by atoms with Crippen molar-refractivity contribution in [3.8, 4) is 0 Å². The van der Waals surface area contributed by atoms with Crippen LogP contribution in [0.5, 0.6) is 0 Å². The summed E-state index contributed by atoms with van der Waals surface area (Å²) < 4.78 is 0. The third kappa shape index (κ3) is 14.6. The molecule has 0 radical (unpaired) electrons. The van der Waals surface area contributed by atoms with Crippen LogP contribution in [0.2, 0.25) is 0 Å². The monoisotopic (exact) mass is 243 g/mol. The highest BCUT2D eigenvalue weighted by Crippen LogP contribution is 1.92. The van der Waals surface area contributed by atoms with E-state index in [2.05, 4.69) is 17.2 Å². The Morgan fingerprint density at radius 1 is 1.12 bits per heavy atom. The number of nitrogens with two attached hydrogens (primary N) is 1. The molecule has 17 heavy (non-hydrogen) atoms. The summed E-state index contributed by atoms with van der Waals surface area (Å²) in [7, 11) is 0. The van der Waals surface area contributed by atoms with Crippen molar-refractivity contribution in [2.45, 2.75) is 33.1 Å². The average molecular weight is 243 g/mol. The summed E-state index contributed by atoms with van der Waals surface area (Å²) in [5, 5.41) is 5.35. The summed E-state index contributed by atoms with van der Waals surface area (Å²) in [6.07, 6.45) is 4.01. The highest BCUT2D eigenvalue weighted by molar-refractivity contribution is 5.86. The molecule has 0 saturated heterocycles. The van der Waals surface area contributed by atoms with Gasteiger partial charge in [-0.25, -0.2) is 0 Å². The third-order valence-electron chi connectivity index (χ3n) is 1.85. The van der Waals surface area contributed by atoms with Crippen LogP contribution >= 0.6 is 0 Å². The second-order valence-electron chi connectivity index (χ2n) is 3.11. The summed E-state index contributed by atoms with van der Waals surface area (Å²) in [5.74, 6) is -0.276. The number of carbonyl (C=O) groups excluding carboxylic acids is 2. The number of nitrogens with one attached hydrogen (secondary N) is 2. The van der Waals surface area contributed by atoms with E-state index in [1.165, 1.54) is 6.08 Å². The normalized spacial score (nSPS) is 8.65. The first-order valence-electron chi connectivity index (χ1n) is 6.07. The Kier molecular flexibility index (Phi) is 15.5. The Morgan fingerprint density at radius 2 is 1.65 bits per heavy atom. The standard InChI is InChI=1S/C10H19N3O2.C2H6/c1-2-9(14)12-6-4-3-5-7-13-10(15)8-11;1-2/h2H,1,3-8,11H2,(H,12,14)(H,13,15);1-2H3. The molecule has 0 bridgehead atoms. The fourth-order valence-corrected chi connectivity index (χ4v) is 1.01. The van der Waals surface area contributed by atoms with Crippen molar-refractivity contribution < 1.29 is 9.59 Å². The highest BCUT2D eigenvalue weighted by Gasteiger charge is 1.96. The fraction of sp³-hybridized carbons (Fsp3) is 0.667.